The van der Waals surface area contributed by atoms with Crippen LogP contribution >= 0.6 is 11.6 Å². The van der Waals surface area contributed by atoms with Crippen molar-refractivity contribution in [3.63, 3.8) is 0 Å². The molecule has 194 valence electrons. The van der Waals surface area contributed by atoms with E-state index in [1.165, 1.54) is 0 Å². The van der Waals surface area contributed by atoms with Gasteiger partial charge in [0.25, 0.3) is 0 Å². The first-order valence-corrected chi connectivity index (χ1v) is 10.3. The standard InChI is InChI=1S/C20H19ClF4O10/c1-33-19(32)17-7(3-11(28)29)6(2-10(26)27)8(4-12(30)31)20(34-17)35-18-15(24)13(22)9(5-21)14(23)16(18)25/h6-8,17,20H,2-5H2,1H3,(H,26,27)(H,28,29)(H,30,31)/t6-,7-,8+,17-,20-/m0/s1. The Labute approximate surface area is 199 Å². The molecule has 0 aliphatic carbocycles. The Morgan fingerprint density at radius 3 is 1.71 bits per heavy atom. The topological polar surface area (TPSA) is 157 Å². The molecular formula is C20H19ClF4O10. The number of hydrogen-bond acceptors (Lipinski definition) is 7. The molecule has 35 heavy (non-hydrogen) atoms. The molecule has 0 amide bonds. The lowest BCUT2D eigenvalue weighted by atomic mass is 9.71. The Kier molecular flexibility index (Phi) is 9.26. The van der Waals surface area contributed by atoms with Crippen LogP contribution in [0.2, 0.25) is 0 Å². The van der Waals surface area contributed by atoms with Crippen LogP contribution < -0.4 is 4.74 Å². The van der Waals surface area contributed by atoms with Crippen LogP contribution in [0.4, 0.5) is 17.6 Å². The predicted octanol–water partition coefficient (Wildman–Crippen LogP) is 2.53. The van der Waals surface area contributed by atoms with Crippen LogP contribution in [0, 0.1) is 41.0 Å². The van der Waals surface area contributed by atoms with E-state index in [9.17, 15) is 52.1 Å². The number of carboxylic acid groups (broad SMARTS) is 3. The molecule has 1 aliphatic rings. The number of hydrogen-bond donors (Lipinski definition) is 3. The number of aliphatic carboxylic acids is 3. The summed E-state index contributed by atoms with van der Waals surface area (Å²) in [7, 11) is 0.879. The van der Waals surface area contributed by atoms with Crippen LogP contribution in [0.5, 0.6) is 5.75 Å². The number of rotatable bonds is 10. The summed E-state index contributed by atoms with van der Waals surface area (Å²) in [5, 5.41) is 27.9. The second kappa shape index (κ2) is 11.5. The van der Waals surface area contributed by atoms with Gasteiger partial charge in [-0.1, -0.05) is 0 Å². The zero-order valence-electron chi connectivity index (χ0n) is 17.8. The Morgan fingerprint density at radius 2 is 1.29 bits per heavy atom. The van der Waals surface area contributed by atoms with E-state index in [0.717, 1.165) is 7.11 Å². The van der Waals surface area contributed by atoms with Crippen molar-refractivity contribution in [3.05, 3.63) is 28.8 Å². The van der Waals surface area contributed by atoms with Crippen molar-refractivity contribution in [1.29, 1.82) is 0 Å². The molecule has 15 heteroatoms. The van der Waals surface area contributed by atoms with Crippen molar-refractivity contribution in [2.45, 2.75) is 37.5 Å². The van der Waals surface area contributed by atoms with Gasteiger partial charge in [-0.05, 0) is 5.92 Å². The number of alkyl halides is 1. The van der Waals surface area contributed by atoms with Gasteiger partial charge in [0.1, 0.15) is 0 Å². The number of halogens is 5. The number of esters is 1. The van der Waals surface area contributed by atoms with Gasteiger partial charge in [-0.25, -0.2) is 13.6 Å². The van der Waals surface area contributed by atoms with Gasteiger partial charge in [-0.3, -0.25) is 14.4 Å². The molecule has 0 radical (unpaired) electrons. The molecule has 1 fully saturated rings. The molecule has 10 nitrogen and oxygen atoms in total. The number of benzene rings is 1. The first-order valence-electron chi connectivity index (χ1n) is 9.80. The molecule has 3 N–H and O–H groups in total. The van der Waals surface area contributed by atoms with Gasteiger partial charge in [-0.15, -0.1) is 11.6 Å². The Bertz CT molecular complexity index is 991. The molecule has 1 aliphatic heterocycles. The summed E-state index contributed by atoms with van der Waals surface area (Å²) in [6, 6.07) is 0. The van der Waals surface area contributed by atoms with Gasteiger partial charge >= 0.3 is 23.9 Å². The highest BCUT2D eigenvalue weighted by Gasteiger charge is 2.52. The molecule has 1 aromatic carbocycles. The second-order valence-electron chi connectivity index (χ2n) is 7.55. The van der Waals surface area contributed by atoms with Crippen LogP contribution in [0.25, 0.3) is 0 Å². The molecule has 1 aromatic rings. The quantitative estimate of drug-likeness (QED) is 0.178. The van der Waals surface area contributed by atoms with E-state index in [1.54, 1.807) is 0 Å². The fourth-order valence-electron chi connectivity index (χ4n) is 3.96. The molecule has 0 unspecified atom stereocenters. The van der Waals surface area contributed by atoms with Crippen molar-refractivity contribution < 1.29 is 66.3 Å². The Morgan fingerprint density at radius 1 is 0.829 bits per heavy atom. The van der Waals surface area contributed by atoms with Crippen molar-refractivity contribution in [2.75, 3.05) is 7.11 Å². The first kappa shape index (κ1) is 28.1. The maximum atomic E-state index is 14.5. The largest absolute Gasteiger partial charge is 0.481 e. The zero-order chi connectivity index (χ0) is 26.6. The molecule has 1 saturated heterocycles. The SMILES string of the molecule is COC(=O)[C@H]1O[C@@H](Oc2c(F)c(F)c(CCl)c(F)c2F)[C@H](CC(=O)O)[C@@H](CC(=O)O)[C@@H]1CC(=O)O. The Balaban J connectivity index is 2.66. The van der Waals surface area contributed by atoms with Gasteiger partial charge in [-0.2, -0.15) is 8.78 Å². The van der Waals surface area contributed by atoms with Gasteiger partial charge in [0.15, 0.2) is 23.5 Å². The third-order valence-electron chi connectivity index (χ3n) is 5.47. The predicted molar refractivity (Wildman–Crippen MR) is 104 cm³/mol. The maximum Gasteiger partial charge on any atom is 0.335 e. The highest BCUT2D eigenvalue weighted by molar-refractivity contribution is 6.17. The fourth-order valence-corrected chi connectivity index (χ4v) is 4.19. The Hall–Kier alpha value is -3.13. The molecule has 0 saturated carbocycles. The summed E-state index contributed by atoms with van der Waals surface area (Å²) in [6.07, 6.45) is -6.82. The van der Waals surface area contributed by atoms with Crippen LogP contribution in [-0.4, -0.2) is 58.7 Å². The fraction of sp³-hybridized carbons (Fsp3) is 0.500. The summed E-state index contributed by atoms with van der Waals surface area (Å²) >= 11 is 5.30. The summed E-state index contributed by atoms with van der Waals surface area (Å²) in [4.78, 5) is 46.6. The van der Waals surface area contributed by atoms with Crippen LogP contribution in [0.3, 0.4) is 0 Å². The average Bonchev–Trinajstić information content (AvgIpc) is 2.77. The highest BCUT2D eigenvalue weighted by atomic mass is 35.5. The van der Waals surface area contributed by atoms with Crippen molar-refractivity contribution in [1.82, 2.24) is 0 Å². The summed E-state index contributed by atoms with van der Waals surface area (Å²) < 4.78 is 72.2. The zero-order valence-corrected chi connectivity index (χ0v) is 18.6. The number of carbonyl (C=O) groups is 4. The maximum absolute atomic E-state index is 14.5. The van der Waals surface area contributed by atoms with Gasteiger partial charge in [0.2, 0.25) is 17.9 Å². The molecule has 5 atom stereocenters. The lowest BCUT2D eigenvalue weighted by molar-refractivity contribution is -0.234. The van der Waals surface area contributed by atoms with E-state index in [2.05, 4.69) is 4.74 Å². The number of carbonyl (C=O) groups excluding carboxylic acids is 1. The normalized spacial score (nSPS) is 24.0. The molecular weight excluding hydrogens is 512 g/mol. The third-order valence-corrected chi connectivity index (χ3v) is 5.73. The third kappa shape index (κ3) is 6.11. The molecule has 0 bridgehead atoms. The lowest BCUT2D eigenvalue weighted by Crippen LogP contribution is -2.54. The van der Waals surface area contributed by atoms with Crippen LogP contribution in [0.15, 0.2) is 0 Å². The van der Waals surface area contributed by atoms with E-state index >= 15 is 0 Å². The van der Waals surface area contributed by atoms with Crippen molar-refractivity contribution in [3.8, 4) is 5.75 Å². The van der Waals surface area contributed by atoms with Crippen LogP contribution in [0.1, 0.15) is 24.8 Å². The van der Waals surface area contributed by atoms with E-state index in [0.29, 0.717) is 0 Å². The highest BCUT2D eigenvalue weighted by Crippen LogP contribution is 2.43. The number of carboxylic acids is 3. The minimum absolute atomic E-state index is 0.878. The summed E-state index contributed by atoms with van der Waals surface area (Å²) in [5.74, 6) is -21.0. The summed E-state index contributed by atoms with van der Waals surface area (Å²) in [6.45, 7) is 0. The molecule has 0 aromatic heterocycles. The monoisotopic (exact) mass is 530 g/mol. The first-order chi connectivity index (χ1) is 16.3. The summed E-state index contributed by atoms with van der Waals surface area (Å²) in [5.41, 5.74) is -1.15. The minimum Gasteiger partial charge on any atom is -0.481 e. The average molecular weight is 531 g/mol. The lowest BCUT2D eigenvalue weighted by Gasteiger charge is -2.44. The second-order valence-corrected chi connectivity index (χ2v) is 7.82. The van der Waals surface area contributed by atoms with E-state index in [4.69, 9.17) is 21.1 Å². The van der Waals surface area contributed by atoms with Crippen molar-refractivity contribution >= 4 is 35.5 Å². The molecule has 1 heterocycles. The molecule has 0 spiro atoms. The van der Waals surface area contributed by atoms with E-state index in [1.807, 2.05) is 0 Å². The van der Waals surface area contributed by atoms with Gasteiger partial charge in [0.05, 0.1) is 25.8 Å². The van der Waals surface area contributed by atoms with Crippen LogP contribution in [-0.2, 0) is 34.5 Å². The molecule has 2 rings (SSSR count). The smallest absolute Gasteiger partial charge is 0.335 e. The van der Waals surface area contributed by atoms with Crippen molar-refractivity contribution in [2.24, 2.45) is 17.8 Å². The minimum atomic E-state index is -2.16. The van der Waals surface area contributed by atoms with Gasteiger partial charge < -0.3 is 29.5 Å². The number of methoxy groups -OCH3 is 1. The van der Waals surface area contributed by atoms with E-state index < -0.39 is 114 Å². The van der Waals surface area contributed by atoms with E-state index in [-0.39, 0.29) is 0 Å². The number of ether oxygens (including phenoxy) is 3. The van der Waals surface area contributed by atoms with Gasteiger partial charge in [0, 0.05) is 23.8 Å².